The van der Waals surface area contributed by atoms with Gasteiger partial charge in [0.05, 0.1) is 17.0 Å². The van der Waals surface area contributed by atoms with E-state index in [9.17, 15) is 0 Å². The molecular weight excluding hydrogens is 476 g/mol. The average molecular weight is 497 g/mol. The molecule has 35 heavy (non-hydrogen) atoms. The molecule has 0 saturated carbocycles. The summed E-state index contributed by atoms with van der Waals surface area (Å²) in [6.45, 7) is 2.83. The van der Waals surface area contributed by atoms with E-state index >= 15 is 0 Å². The van der Waals surface area contributed by atoms with Gasteiger partial charge in [-0.2, -0.15) is 16.3 Å². The Balaban J connectivity index is 1.35. The van der Waals surface area contributed by atoms with Crippen LogP contribution in [0.3, 0.4) is 0 Å². The minimum atomic E-state index is 0.516. The van der Waals surface area contributed by atoms with Crippen LogP contribution in [-0.4, -0.2) is 29.9 Å². The van der Waals surface area contributed by atoms with Gasteiger partial charge in [-0.1, -0.05) is 65.4 Å². The highest BCUT2D eigenvalue weighted by molar-refractivity contribution is 7.98. The van der Waals surface area contributed by atoms with Crippen LogP contribution in [0.5, 0.6) is 0 Å². The quantitative estimate of drug-likeness (QED) is 0.231. The maximum atomic E-state index is 5.45. The van der Waals surface area contributed by atoms with Gasteiger partial charge in [0.25, 0.3) is 0 Å². The Morgan fingerprint density at radius 2 is 1.80 bits per heavy atom. The summed E-state index contributed by atoms with van der Waals surface area (Å²) in [5.74, 6) is 2.50. The van der Waals surface area contributed by atoms with E-state index in [2.05, 4.69) is 56.1 Å². The van der Waals surface area contributed by atoms with Crippen molar-refractivity contribution in [2.75, 3.05) is 0 Å². The molecule has 172 valence electrons. The van der Waals surface area contributed by atoms with Crippen LogP contribution in [-0.2, 0) is 12.3 Å². The van der Waals surface area contributed by atoms with E-state index in [4.69, 9.17) is 9.51 Å². The number of hydrogen-bond donors (Lipinski definition) is 0. The zero-order chi connectivity index (χ0) is 23.6. The monoisotopic (exact) mass is 496 g/mol. The molecule has 0 fully saturated rings. The van der Waals surface area contributed by atoms with E-state index < -0.39 is 0 Å². The van der Waals surface area contributed by atoms with Crippen molar-refractivity contribution >= 4 is 34.0 Å². The number of benzene rings is 2. The number of aromatic nitrogens is 6. The van der Waals surface area contributed by atoms with E-state index in [1.54, 1.807) is 11.3 Å². The van der Waals surface area contributed by atoms with E-state index in [-0.39, 0.29) is 0 Å². The first-order valence-corrected chi connectivity index (χ1v) is 13.1. The molecule has 2 aromatic carbocycles. The number of para-hydroxylation sites is 1. The summed E-state index contributed by atoms with van der Waals surface area (Å²) in [6.07, 6.45) is 0. The van der Waals surface area contributed by atoms with E-state index in [0.717, 1.165) is 50.8 Å². The summed E-state index contributed by atoms with van der Waals surface area (Å²) < 4.78 is 7.58. The molecule has 0 saturated heterocycles. The lowest BCUT2D eigenvalue weighted by Gasteiger charge is -2.11. The number of hydrogen-bond acceptors (Lipinski definition) is 8. The molecule has 0 atom stereocenters. The molecule has 4 heterocycles. The largest absolute Gasteiger partial charge is 0.338 e. The van der Waals surface area contributed by atoms with Crippen LogP contribution in [0.4, 0.5) is 0 Å². The van der Waals surface area contributed by atoms with Crippen molar-refractivity contribution in [1.29, 1.82) is 0 Å². The van der Waals surface area contributed by atoms with Crippen LogP contribution in [0.15, 0.2) is 87.2 Å². The first kappa shape index (κ1) is 21.7. The van der Waals surface area contributed by atoms with Crippen molar-refractivity contribution in [2.45, 2.75) is 24.4 Å². The second-order valence-electron chi connectivity index (χ2n) is 7.80. The summed E-state index contributed by atoms with van der Waals surface area (Å²) in [5, 5.41) is 19.1. The number of nitrogens with zero attached hydrogens (tertiary/aromatic N) is 6. The lowest BCUT2D eigenvalue weighted by Crippen LogP contribution is -2.01. The predicted octanol–water partition coefficient (Wildman–Crippen LogP) is 6.58. The minimum absolute atomic E-state index is 0.516. The van der Waals surface area contributed by atoms with Gasteiger partial charge in [-0.15, -0.1) is 10.2 Å². The molecule has 0 unspecified atom stereocenters. The molecule has 0 aliphatic rings. The lowest BCUT2D eigenvalue weighted by molar-refractivity contribution is 0.391. The van der Waals surface area contributed by atoms with Crippen LogP contribution < -0.4 is 0 Å². The van der Waals surface area contributed by atoms with E-state index in [1.165, 1.54) is 11.8 Å². The maximum absolute atomic E-state index is 5.45. The minimum Gasteiger partial charge on any atom is -0.338 e. The molecule has 0 radical (unpaired) electrons. The van der Waals surface area contributed by atoms with Crippen LogP contribution in [0.1, 0.15) is 12.8 Å². The molecule has 0 amide bonds. The smallest absolute Gasteiger partial charge is 0.237 e. The summed E-state index contributed by atoms with van der Waals surface area (Å²) in [5.41, 5.74) is 4.87. The Morgan fingerprint density at radius 1 is 0.943 bits per heavy atom. The second-order valence-corrected chi connectivity index (χ2v) is 9.52. The third kappa shape index (κ3) is 4.24. The molecule has 0 aliphatic heterocycles. The van der Waals surface area contributed by atoms with Crippen molar-refractivity contribution in [1.82, 2.24) is 29.9 Å². The standard InChI is InChI=1S/C26H20N6OS2/c1-2-32-25(29-30-26(32)35-16-23-28-24(31-33-23)18-12-13-34-15-18)20-14-22(17-8-4-3-5-9-17)27-21-11-7-6-10-19(20)21/h3-15H,2,16H2,1H3. The van der Waals surface area contributed by atoms with Crippen LogP contribution in [0.25, 0.3) is 44.9 Å². The van der Waals surface area contributed by atoms with Crippen molar-refractivity contribution in [2.24, 2.45) is 0 Å². The summed E-state index contributed by atoms with van der Waals surface area (Å²) in [6, 6.07) is 22.4. The Bertz CT molecular complexity index is 1590. The fourth-order valence-corrected chi connectivity index (χ4v) is 5.42. The Kier molecular flexibility index (Phi) is 5.85. The van der Waals surface area contributed by atoms with E-state index in [1.807, 2.05) is 53.2 Å². The normalized spacial score (nSPS) is 11.3. The summed E-state index contributed by atoms with van der Waals surface area (Å²) in [4.78, 5) is 9.42. The fraction of sp³-hybridized carbons (Fsp3) is 0.115. The van der Waals surface area contributed by atoms with E-state index in [0.29, 0.717) is 17.5 Å². The highest BCUT2D eigenvalue weighted by atomic mass is 32.2. The molecule has 9 heteroatoms. The fourth-order valence-electron chi connectivity index (χ4n) is 3.95. The highest BCUT2D eigenvalue weighted by Gasteiger charge is 2.19. The second kappa shape index (κ2) is 9.44. The van der Waals surface area contributed by atoms with Crippen molar-refractivity contribution in [3.8, 4) is 34.0 Å². The highest BCUT2D eigenvalue weighted by Crippen LogP contribution is 2.33. The van der Waals surface area contributed by atoms with Gasteiger partial charge in [-0.05, 0) is 30.5 Å². The first-order valence-electron chi connectivity index (χ1n) is 11.2. The van der Waals surface area contributed by atoms with Gasteiger partial charge in [0, 0.05) is 34.0 Å². The maximum Gasteiger partial charge on any atom is 0.237 e. The third-order valence-corrected chi connectivity index (χ3v) is 7.27. The Labute approximate surface area is 209 Å². The summed E-state index contributed by atoms with van der Waals surface area (Å²) >= 11 is 3.14. The van der Waals surface area contributed by atoms with Gasteiger partial charge >= 0.3 is 0 Å². The molecule has 4 aromatic heterocycles. The predicted molar refractivity (Wildman–Crippen MR) is 139 cm³/mol. The number of thiophene rings is 1. The number of fused-ring (bicyclic) bond motifs is 1. The van der Waals surface area contributed by atoms with Gasteiger partial charge in [0.1, 0.15) is 0 Å². The van der Waals surface area contributed by atoms with Crippen LogP contribution >= 0.6 is 23.1 Å². The molecule has 7 nitrogen and oxygen atoms in total. The zero-order valence-corrected chi connectivity index (χ0v) is 20.5. The topological polar surface area (TPSA) is 82.5 Å². The van der Waals surface area contributed by atoms with Gasteiger partial charge < -0.3 is 9.09 Å². The van der Waals surface area contributed by atoms with Crippen molar-refractivity contribution < 1.29 is 4.52 Å². The zero-order valence-electron chi connectivity index (χ0n) is 18.8. The van der Waals surface area contributed by atoms with Gasteiger partial charge in [0.2, 0.25) is 11.7 Å². The molecule has 0 N–H and O–H groups in total. The first-order chi connectivity index (χ1) is 17.3. The Morgan fingerprint density at radius 3 is 2.63 bits per heavy atom. The number of thioether (sulfide) groups is 1. The SMILES string of the molecule is CCn1c(SCc2nc(-c3ccsc3)no2)nnc1-c1cc(-c2ccccc2)nc2ccccc12. The van der Waals surface area contributed by atoms with Crippen molar-refractivity contribution in [3.05, 3.63) is 83.4 Å². The van der Waals surface area contributed by atoms with Gasteiger partial charge in [0.15, 0.2) is 11.0 Å². The number of pyridine rings is 1. The van der Waals surface area contributed by atoms with Crippen LogP contribution in [0, 0.1) is 0 Å². The summed E-state index contributed by atoms with van der Waals surface area (Å²) in [7, 11) is 0. The molecule has 0 bridgehead atoms. The molecule has 0 spiro atoms. The lowest BCUT2D eigenvalue weighted by atomic mass is 10.0. The third-order valence-electron chi connectivity index (χ3n) is 5.63. The Hall–Kier alpha value is -3.82. The molecule has 6 rings (SSSR count). The van der Waals surface area contributed by atoms with Gasteiger partial charge in [-0.25, -0.2) is 4.98 Å². The number of rotatable bonds is 7. The molecule has 0 aliphatic carbocycles. The van der Waals surface area contributed by atoms with Crippen molar-refractivity contribution in [3.63, 3.8) is 0 Å². The van der Waals surface area contributed by atoms with Crippen LogP contribution in [0.2, 0.25) is 0 Å². The average Bonchev–Trinajstić information content (AvgIpc) is 3.68. The molecular formula is C26H20N6OS2. The van der Waals surface area contributed by atoms with Gasteiger partial charge in [-0.3, -0.25) is 0 Å². The molecule has 6 aromatic rings.